The van der Waals surface area contributed by atoms with Gasteiger partial charge in [-0.3, -0.25) is 14.4 Å². The molecule has 0 saturated heterocycles. The number of amides is 2. The smallest absolute Gasteiger partial charge is 0.303 e. The van der Waals surface area contributed by atoms with Crippen LogP contribution >= 0.6 is 11.3 Å². The molecule has 29 heavy (non-hydrogen) atoms. The highest BCUT2D eigenvalue weighted by Crippen LogP contribution is 2.38. The summed E-state index contributed by atoms with van der Waals surface area (Å²) in [5.74, 6) is -1.68. The number of hydrogen-bond donors (Lipinski definition) is 3. The summed E-state index contributed by atoms with van der Waals surface area (Å²) in [6.07, 6.45) is 3.89. The average Bonchev–Trinajstić information content (AvgIpc) is 3.00. The molecule has 0 unspecified atom stereocenters. The number of fused-ring (bicyclic) bond motifs is 1. The van der Waals surface area contributed by atoms with Crippen molar-refractivity contribution in [2.24, 2.45) is 5.92 Å². The van der Waals surface area contributed by atoms with Gasteiger partial charge in [0.2, 0.25) is 5.91 Å². The first kappa shape index (κ1) is 21.0. The summed E-state index contributed by atoms with van der Waals surface area (Å²) in [5, 5.41) is 15.3. The van der Waals surface area contributed by atoms with Crippen LogP contribution in [0.2, 0.25) is 0 Å². The van der Waals surface area contributed by atoms with Gasteiger partial charge in [0.05, 0.1) is 5.56 Å². The fourth-order valence-corrected chi connectivity index (χ4v) is 4.89. The lowest BCUT2D eigenvalue weighted by molar-refractivity contribution is -0.138. The van der Waals surface area contributed by atoms with Crippen molar-refractivity contribution in [3.05, 3.63) is 45.8 Å². The molecule has 6 nitrogen and oxygen atoms in total. The Hall–Kier alpha value is -2.67. The molecule has 3 rings (SSSR count). The number of rotatable bonds is 7. The molecule has 1 aliphatic rings. The second kappa shape index (κ2) is 9.22. The highest BCUT2D eigenvalue weighted by atomic mass is 32.1. The number of hydrogen-bond acceptors (Lipinski definition) is 4. The lowest BCUT2D eigenvalue weighted by Crippen LogP contribution is -2.20. The summed E-state index contributed by atoms with van der Waals surface area (Å²) in [4.78, 5) is 37.5. The zero-order valence-electron chi connectivity index (χ0n) is 16.7. The lowest BCUT2D eigenvalue weighted by Gasteiger charge is -2.14. The molecular weight excluding hydrogens is 388 g/mol. The topological polar surface area (TPSA) is 95.5 Å². The van der Waals surface area contributed by atoms with Crippen molar-refractivity contribution in [1.82, 2.24) is 0 Å². The van der Waals surface area contributed by atoms with E-state index in [4.69, 9.17) is 5.11 Å². The number of aliphatic carboxylic acids is 1. The van der Waals surface area contributed by atoms with E-state index >= 15 is 0 Å². The van der Waals surface area contributed by atoms with Crippen molar-refractivity contribution in [2.45, 2.75) is 52.4 Å². The Kier molecular flexibility index (Phi) is 6.69. The van der Waals surface area contributed by atoms with E-state index in [-0.39, 0.29) is 30.6 Å². The average molecular weight is 415 g/mol. The highest BCUT2D eigenvalue weighted by molar-refractivity contribution is 7.17. The summed E-state index contributed by atoms with van der Waals surface area (Å²) >= 11 is 1.46. The molecule has 7 heteroatoms. The van der Waals surface area contributed by atoms with Crippen LogP contribution in [0, 0.1) is 12.8 Å². The Bertz CT molecular complexity index is 918. The quantitative estimate of drug-likeness (QED) is 0.616. The summed E-state index contributed by atoms with van der Waals surface area (Å²) < 4.78 is 0. The number of thiophene rings is 1. The maximum Gasteiger partial charge on any atom is 0.303 e. The molecule has 1 aromatic heterocycles. The van der Waals surface area contributed by atoms with Crippen LogP contribution in [0.3, 0.4) is 0 Å². The first-order valence-corrected chi connectivity index (χ1v) is 10.7. The summed E-state index contributed by atoms with van der Waals surface area (Å²) in [7, 11) is 0. The zero-order valence-corrected chi connectivity index (χ0v) is 17.5. The van der Waals surface area contributed by atoms with Crippen molar-refractivity contribution in [2.75, 3.05) is 10.6 Å². The van der Waals surface area contributed by atoms with Gasteiger partial charge in [-0.1, -0.05) is 24.6 Å². The number of carboxylic acids is 1. The Morgan fingerprint density at radius 3 is 2.45 bits per heavy atom. The summed E-state index contributed by atoms with van der Waals surface area (Å²) in [5.41, 5.74) is 3.40. The first-order chi connectivity index (χ1) is 13.8. The number of carbonyl (C=O) groups is 3. The first-order valence-electron chi connectivity index (χ1n) is 9.87. The summed E-state index contributed by atoms with van der Waals surface area (Å²) in [6.45, 7) is 3.72. The second-order valence-corrected chi connectivity index (χ2v) is 8.80. The van der Waals surface area contributed by atoms with Crippen molar-refractivity contribution in [3.63, 3.8) is 0 Å². The molecule has 2 aromatic rings. The fourth-order valence-electron chi connectivity index (χ4n) is 3.59. The fraction of sp³-hybridized carbons (Fsp3) is 0.409. The van der Waals surface area contributed by atoms with Gasteiger partial charge in [0.25, 0.3) is 5.91 Å². The van der Waals surface area contributed by atoms with Crippen molar-refractivity contribution < 1.29 is 19.5 Å². The predicted octanol–water partition coefficient (Wildman–Crippen LogP) is 4.63. The van der Waals surface area contributed by atoms with Gasteiger partial charge in [0.15, 0.2) is 0 Å². The molecule has 0 bridgehead atoms. The van der Waals surface area contributed by atoms with Gasteiger partial charge in [-0.2, -0.15) is 0 Å². The van der Waals surface area contributed by atoms with Gasteiger partial charge >= 0.3 is 5.97 Å². The third kappa shape index (κ3) is 5.44. The number of aryl methyl sites for hydroxylation is 2. The van der Waals surface area contributed by atoms with Crippen LogP contribution in [-0.4, -0.2) is 22.9 Å². The van der Waals surface area contributed by atoms with Crippen LogP contribution in [0.1, 0.15) is 59.0 Å². The predicted molar refractivity (Wildman–Crippen MR) is 115 cm³/mol. The van der Waals surface area contributed by atoms with Crippen LogP contribution in [0.4, 0.5) is 10.7 Å². The van der Waals surface area contributed by atoms with Crippen LogP contribution < -0.4 is 10.6 Å². The molecule has 154 valence electrons. The normalized spacial score (nSPS) is 14.0. The number of anilines is 2. The maximum atomic E-state index is 13.1. The molecule has 0 aliphatic heterocycles. The number of benzene rings is 1. The Labute approximate surface area is 174 Å². The molecule has 1 atom stereocenters. The van der Waals surface area contributed by atoms with Gasteiger partial charge in [-0.15, -0.1) is 11.3 Å². The number of carbonyl (C=O) groups excluding carboxylic acids is 2. The molecule has 1 aromatic carbocycles. The molecule has 1 aliphatic carbocycles. The van der Waals surface area contributed by atoms with Crippen LogP contribution in [0.5, 0.6) is 0 Å². The standard InChI is InChI=1S/C22H26N2O4S/c1-13-7-9-15(10-8-13)23-21(28)20-16-5-3-4-6-17(16)29-22(20)24-18(25)11-14(2)12-19(26)27/h7-10,14H,3-6,11-12H2,1-2H3,(H,23,28)(H,24,25)(H,26,27)/t14-/m0/s1. The largest absolute Gasteiger partial charge is 0.481 e. The maximum absolute atomic E-state index is 13.1. The van der Waals surface area contributed by atoms with Gasteiger partial charge in [0, 0.05) is 23.4 Å². The highest BCUT2D eigenvalue weighted by Gasteiger charge is 2.27. The van der Waals surface area contributed by atoms with E-state index < -0.39 is 5.97 Å². The van der Waals surface area contributed by atoms with Crippen LogP contribution in [0.15, 0.2) is 24.3 Å². The third-order valence-electron chi connectivity index (χ3n) is 5.02. The van der Waals surface area contributed by atoms with Crippen LogP contribution in [-0.2, 0) is 22.4 Å². The van der Waals surface area contributed by atoms with Gasteiger partial charge < -0.3 is 15.7 Å². The van der Waals surface area contributed by atoms with E-state index in [0.29, 0.717) is 16.3 Å². The van der Waals surface area contributed by atoms with Gasteiger partial charge in [0.1, 0.15) is 5.00 Å². The Morgan fingerprint density at radius 1 is 1.07 bits per heavy atom. The van der Waals surface area contributed by atoms with E-state index in [1.54, 1.807) is 6.92 Å². The number of nitrogens with one attached hydrogen (secondary N) is 2. The number of carboxylic acid groups (broad SMARTS) is 1. The Morgan fingerprint density at radius 2 is 1.76 bits per heavy atom. The van der Waals surface area contributed by atoms with Gasteiger partial charge in [-0.25, -0.2) is 0 Å². The molecule has 0 fully saturated rings. The SMILES string of the molecule is Cc1ccc(NC(=O)c2c(NC(=O)C[C@H](C)CC(=O)O)sc3c2CCCC3)cc1. The van der Waals surface area contributed by atoms with Crippen molar-refractivity contribution >= 4 is 39.8 Å². The monoisotopic (exact) mass is 414 g/mol. The van der Waals surface area contributed by atoms with Crippen molar-refractivity contribution in [3.8, 4) is 0 Å². The minimum atomic E-state index is -0.921. The van der Waals surface area contributed by atoms with E-state index in [2.05, 4.69) is 10.6 Å². The molecule has 2 amide bonds. The van der Waals surface area contributed by atoms with E-state index in [1.165, 1.54) is 11.3 Å². The van der Waals surface area contributed by atoms with E-state index in [0.717, 1.165) is 41.7 Å². The van der Waals surface area contributed by atoms with Crippen LogP contribution in [0.25, 0.3) is 0 Å². The third-order valence-corrected chi connectivity index (χ3v) is 6.22. The molecule has 0 radical (unpaired) electrons. The van der Waals surface area contributed by atoms with Crippen molar-refractivity contribution in [1.29, 1.82) is 0 Å². The second-order valence-electron chi connectivity index (χ2n) is 7.69. The Balaban J connectivity index is 1.80. The molecule has 3 N–H and O–H groups in total. The van der Waals surface area contributed by atoms with E-state index in [9.17, 15) is 14.4 Å². The molecule has 0 spiro atoms. The zero-order chi connectivity index (χ0) is 21.0. The molecular formula is C22H26N2O4S. The minimum absolute atomic E-state index is 0.0604. The lowest BCUT2D eigenvalue weighted by atomic mass is 9.95. The molecule has 1 heterocycles. The van der Waals surface area contributed by atoms with E-state index in [1.807, 2.05) is 31.2 Å². The molecule has 0 saturated carbocycles. The minimum Gasteiger partial charge on any atom is -0.481 e. The summed E-state index contributed by atoms with van der Waals surface area (Å²) in [6, 6.07) is 7.59. The van der Waals surface area contributed by atoms with Gasteiger partial charge in [-0.05, 0) is 56.2 Å².